The number of nitrogens with two attached hydrogens (primary N) is 1. The lowest BCUT2D eigenvalue weighted by molar-refractivity contribution is 0.980. The molecule has 0 aliphatic rings. The summed E-state index contributed by atoms with van der Waals surface area (Å²) in [5.41, 5.74) is 9.26. The van der Waals surface area contributed by atoms with Crippen molar-refractivity contribution in [3.63, 3.8) is 0 Å². The third kappa shape index (κ3) is 2.10. The quantitative estimate of drug-likeness (QED) is 0.661. The second kappa shape index (κ2) is 4.67. The van der Waals surface area contributed by atoms with E-state index in [1.165, 1.54) is 11.1 Å². The van der Waals surface area contributed by atoms with E-state index in [1.54, 1.807) is 0 Å². The van der Waals surface area contributed by atoms with Crippen LogP contribution in [0.4, 0.5) is 0 Å². The van der Waals surface area contributed by atoms with Crippen molar-refractivity contribution in [1.82, 2.24) is 4.98 Å². The molecule has 0 saturated heterocycles. The fourth-order valence-corrected chi connectivity index (χ4v) is 1.46. The smallest absolute Gasteiger partial charge is 0.0335 e. The summed E-state index contributed by atoms with van der Waals surface area (Å²) < 4.78 is 0. The minimum absolute atomic E-state index is 0.556. The Kier molecular flexibility index (Phi) is 3.53. The van der Waals surface area contributed by atoms with Gasteiger partial charge in [0.1, 0.15) is 0 Å². The number of H-pyrrole nitrogens is 1. The van der Waals surface area contributed by atoms with E-state index in [1.807, 2.05) is 18.3 Å². The van der Waals surface area contributed by atoms with E-state index >= 15 is 0 Å². The summed E-state index contributed by atoms with van der Waals surface area (Å²) in [6.07, 6.45) is 7.56. The number of aromatic amines is 1. The average molecular weight is 176 g/mol. The predicted octanol–water partition coefficient (Wildman–Crippen LogP) is 1.93. The Hall–Kier alpha value is -1.28. The average Bonchev–Trinajstić information content (AvgIpc) is 2.50. The second-order valence-electron chi connectivity index (χ2n) is 2.96. The molecule has 0 aliphatic heterocycles. The van der Waals surface area contributed by atoms with Gasteiger partial charge in [0.15, 0.2) is 0 Å². The largest absolute Gasteiger partial charge is 0.363 e. The van der Waals surface area contributed by atoms with Crippen molar-refractivity contribution in [1.29, 1.82) is 0 Å². The van der Waals surface area contributed by atoms with Crippen molar-refractivity contribution in [3.8, 4) is 0 Å². The van der Waals surface area contributed by atoms with Crippen LogP contribution in [-0.2, 0) is 19.4 Å². The number of hydrogen-bond donors (Lipinski definition) is 2. The fourth-order valence-electron chi connectivity index (χ4n) is 1.46. The van der Waals surface area contributed by atoms with Crippen molar-refractivity contribution in [2.45, 2.75) is 19.4 Å². The predicted molar refractivity (Wildman–Crippen MR) is 56.5 cm³/mol. The lowest BCUT2D eigenvalue weighted by atomic mass is 10.0. The van der Waals surface area contributed by atoms with Gasteiger partial charge in [-0.05, 0) is 24.0 Å². The van der Waals surface area contributed by atoms with Crippen molar-refractivity contribution in [3.05, 3.63) is 48.3 Å². The van der Waals surface area contributed by atoms with Crippen LogP contribution in [0, 0.1) is 0 Å². The molecule has 2 nitrogen and oxygen atoms in total. The first kappa shape index (κ1) is 9.81. The van der Waals surface area contributed by atoms with E-state index in [2.05, 4.69) is 18.1 Å². The zero-order valence-electron chi connectivity index (χ0n) is 7.84. The first-order valence-corrected chi connectivity index (χ1v) is 4.43. The molecule has 1 heterocycles. The van der Waals surface area contributed by atoms with Gasteiger partial charge in [0, 0.05) is 18.4 Å². The standard InChI is InChI=1S/C11H16N2/c1-3-5-9-8-13-11(7-12)10(9)6-4-2/h3-4,8,13H,1-2,5-7,12H2. The zero-order chi connectivity index (χ0) is 9.68. The molecule has 70 valence electrons. The van der Waals surface area contributed by atoms with Crippen LogP contribution in [0.1, 0.15) is 16.8 Å². The Bertz CT molecular complexity index is 297. The summed E-state index contributed by atoms with van der Waals surface area (Å²) in [5, 5.41) is 0. The highest BCUT2D eigenvalue weighted by atomic mass is 14.7. The molecular formula is C11H16N2. The van der Waals surface area contributed by atoms with Gasteiger partial charge in [-0.1, -0.05) is 12.2 Å². The molecule has 0 spiro atoms. The molecule has 0 unspecified atom stereocenters. The number of nitrogens with one attached hydrogen (secondary N) is 1. The summed E-state index contributed by atoms with van der Waals surface area (Å²) in [5.74, 6) is 0. The molecule has 0 bridgehead atoms. The second-order valence-corrected chi connectivity index (χ2v) is 2.96. The monoisotopic (exact) mass is 176 g/mol. The molecule has 0 fully saturated rings. The molecule has 0 amide bonds. The van der Waals surface area contributed by atoms with E-state index in [9.17, 15) is 0 Å². The maximum atomic E-state index is 5.60. The first-order valence-electron chi connectivity index (χ1n) is 4.43. The van der Waals surface area contributed by atoms with Gasteiger partial charge in [0.25, 0.3) is 0 Å². The Balaban J connectivity index is 2.97. The number of aromatic nitrogens is 1. The van der Waals surface area contributed by atoms with Crippen LogP contribution in [0.5, 0.6) is 0 Å². The molecule has 0 saturated carbocycles. The SMILES string of the molecule is C=CCc1c[nH]c(CN)c1CC=C. The number of allylic oxidation sites excluding steroid dienone is 2. The summed E-state index contributed by atoms with van der Waals surface area (Å²) in [7, 11) is 0. The van der Waals surface area contributed by atoms with E-state index < -0.39 is 0 Å². The maximum absolute atomic E-state index is 5.60. The van der Waals surface area contributed by atoms with Gasteiger partial charge in [-0.25, -0.2) is 0 Å². The highest BCUT2D eigenvalue weighted by molar-refractivity contribution is 5.33. The molecule has 13 heavy (non-hydrogen) atoms. The molecule has 1 rings (SSSR count). The Morgan fingerprint density at radius 1 is 1.31 bits per heavy atom. The topological polar surface area (TPSA) is 41.8 Å². The highest BCUT2D eigenvalue weighted by Gasteiger charge is 2.06. The van der Waals surface area contributed by atoms with Gasteiger partial charge < -0.3 is 10.7 Å². The molecule has 3 N–H and O–H groups in total. The molecule has 1 aromatic heterocycles. The van der Waals surface area contributed by atoms with Gasteiger partial charge in [0.2, 0.25) is 0 Å². The van der Waals surface area contributed by atoms with E-state index in [0.29, 0.717) is 6.54 Å². The van der Waals surface area contributed by atoms with Crippen molar-refractivity contribution >= 4 is 0 Å². The summed E-state index contributed by atoms with van der Waals surface area (Å²) in [6, 6.07) is 0. The summed E-state index contributed by atoms with van der Waals surface area (Å²) in [6.45, 7) is 8.01. The van der Waals surface area contributed by atoms with Crippen LogP contribution in [0.2, 0.25) is 0 Å². The third-order valence-electron chi connectivity index (χ3n) is 2.09. The van der Waals surface area contributed by atoms with E-state index in [0.717, 1.165) is 18.5 Å². The molecule has 0 aliphatic carbocycles. The first-order chi connectivity index (χ1) is 6.33. The van der Waals surface area contributed by atoms with Crippen LogP contribution >= 0.6 is 0 Å². The van der Waals surface area contributed by atoms with Crippen LogP contribution in [0.25, 0.3) is 0 Å². The third-order valence-corrected chi connectivity index (χ3v) is 2.09. The van der Waals surface area contributed by atoms with Crippen LogP contribution in [-0.4, -0.2) is 4.98 Å². The van der Waals surface area contributed by atoms with Gasteiger partial charge >= 0.3 is 0 Å². The van der Waals surface area contributed by atoms with Gasteiger partial charge in [-0.2, -0.15) is 0 Å². The summed E-state index contributed by atoms with van der Waals surface area (Å²) >= 11 is 0. The fraction of sp³-hybridized carbons (Fsp3) is 0.273. The lowest BCUT2D eigenvalue weighted by Gasteiger charge is -2.00. The van der Waals surface area contributed by atoms with Crippen LogP contribution < -0.4 is 5.73 Å². The van der Waals surface area contributed by atoms with Gasteiger partial charge in [-0.3, -0.25) is 0 Å². The van der Waals surface area contributed by atoms with E-state index in [4.69, 9.17) is 5.73 Å². The molecule has 0 aromatic carbocycles. The van der Waals surface area contributed by atoms with Gasteiger partial charge in [0.05, 0.1) is 0 Å². The normalized spacial score (nSPS) is 9.92. The molecular weight excluding hydrogens is 160 g/mol. The minimum atomic E-state index is 0.556. The number of rotatable bonds is 5. The Labute approximate surface area is 79.2 Å². The molecule has 0 radical (unpaired) electrons. The Morgan fingerprint density at radius 3 is 2.54 bits per heavy atom. The number of hydrogen-bond acceptors (Lipinski definition) is 1. The minimum Gasteiger partial charge on any atom is -0.363 e. The maximum Gasteiger partial charge on any atom is 0.0335 e. The van der Waals surface area contributed by atoms with Gasteiger partial charge in [-0.15, -0.1) is 13.2 Å². The zero-order valence-corrected chi connectivity index (χ0v) is 7.84. The van der Waals surface area contributed by atoms with Crippen LogP contribution in [0.3, 0.4) is 0 Å². The summed E-state index contributed by atoms with van der Waals surface area (Å²) in [4.78, 5) is 3.17. The van der Waals surface area contributed by atoms with Crippen molar-refractivity contribution in [2.24, 2.45) is 5.73 Å². The van der Waals surface area contributed by atoms with Crippen molar-refractivity contribution in [2.75, 3.05) is 0 Å². The molecule has 2 heteroatoms. The Morgan fingerprint density at radius 2 is 2.00 bits per heavy atom. The molecule has 0 atom stereocenters. The molecule has 1 aromatic rings. The van der Waals surface area contributed by atoms with Crippen LogP contribution in [0.15, 0.2) is 31.5 Å². The highest BCUT2D eigenvalue weighted by Crippen LogP contribution is 2.15. The van der Waals surface area contributed by atoms with E-state index in [-0.39, 0.29) is 0 Å². The lowest BCUT2D eigenvalue weighted by Crippen LogP contribution is -2.00. The van der Waals surface area contributed by atoms with Crippen molar-refractivity contribution < 1.29 is 0 Å².